The first kappa shape index (κ1) is 17.6. The van der Waals surface area contributed by atoms with Crippen molar-refractivity contribution >= 4 is 11.4 Å². The summed E-state index contributed by atoms with van der Waals surface area (Å²) >= 11 is 0. The Morgan fingerprint density at radius 2 is 1.67 bits per heavy atom. The third-order valence-electron chi connectivity index (χ3n) is 5.41. The Morgan fingerprint density at radius 3 is 2.30 bits per heavy atom. The monoisotopic (exact) mass is 361 g/mol. The number of hydrogen-bond donors (Lipinski definition) is 2. The summed E-state index contributed by atoms with van der Waals surface area (Å²) in [5.41, 5.74) is 12.4. The molecule has 0 spiro atoms. The van der Waals surface area contributed by atoms with Crippen LogP contribution >= 0.6 is 0 Å². The van der Waals surface area contributed by atoms with Crippen LogP contribution in [0.4, 0.5) is 11.4 Å². The number of H-pyrrole nitrogens is 1. The molecule has 1 aliphatic rings. The summed E-state index contributed by atoms with van der Waals surface area (Å²) in [6.07, 6.45) is 1.86. The van der Waals surface area contributed by atoms with Crippen molar-refractivity contribution < 1.29 is 0 Å². The van der Waals surface area contributed by atoms with E-state index in [0.29, 0.717) is 6.04 Å². The second-order valence-electron chi connectivity index (χ2n) is 7.43. The number of anilines is 2. The van der Waals surface area contributed by atoms with Crippen LogP contribution < -0.4 is 10.6 Å². The molecule has 1 saturated heterocycles. The Bertz CT molecular complexity index is 876. The predicted octanol–water partition coefficient (Wildman–Crippen LogP) is 3.86. The number of hydrogen-bond acceptors (Lipinski definition) is 4. The molecule has 140 valence electrons. The van der Waals surface area contributed by atoms with Gasteiger partial charge in [-0.2, -0.15) is 5.10 Å². The van der Waals surface area contributed by atoms with E-state index in [0.717, 1.165) is 48.7 Å². The van der Waals surface area contributed by atoms with Gasteiger partial charge in [0.05, 0.1) is 5.69 Å². The van der Waals surface area contributed by atoms with Crippen LogP contribution in [-0.2, 0) is 0 Å². The summed E-state index contributed by atoms with van der Waals surface area (Å²) < 4.78 is 0. The maximum atomic E-state index is 5.89. The molecule has 0 saturated carbocycles. The zero-order valence-electron chi connectivity index (χ0n) is 16.0. The fraction of sp³-hybridized carbons (Fsp3) is 0.318. The summed E-state index contributed by atoms with van der Waals surface area (Å²) in [5.74, 6) is 0. The number of aromatic amines is 1. The lowest BCUT2D eigenvalue weighted by molar-refractivity contribution is 0.209. The molecule has 5 nitrogen and oxygen atoms in total. The normalized spacial score (nSPS) is 15.4. The lowest BCUT2D eigenvalue weighted by Gasteiger charge is -2.38. The first-order chi connectivity index (χ1) is 13.1. The van der Waals surface area contributed by atoms with E-state index in [1.54, 1.807) is 0 Å². The molecule has 2 heterocycles. The van der Waals surface area contributed by atoms with Gasteiger partial charge in [0.15, 0.2) is 0 Å². The van der Waals surface area contributed by atoms with Crippen molar-refractivity contribution in [3.63, 3.8) is 0 Å². The van der Waals surface area contributed by atoms with E-state index in [4.69, 9.17) is 5.73 Å². The molecule has 1 fully saturated rings. The second-order valence-corrected chi connectivity index (χ2v) is 7.43. The summed E-state index contributed by atoms with van der Waals surface area (Å²) in [7, 11) is 0. The molecule has 3 aromatic rings. The van der Waals surface area contributed by atoms with Crippen molar-refractivity contribution in [3.8, 4) is 22.4 Å². The topological polar surface area (TPSA) is 61.2 Å². The molecule has 1 aromatic heterocycles. The number of benzene rings is 2. The fourth-order valence-electron chi connectivity index (χ4n) is 3.76. The Hall–Kier alpha value is -2.79. The molecule has 0 unspecified atom stereocenters. The average molecular weight is 361 g/mol. The van der Waals surface area contributed by atoms with E-state index >= 15 is 0 Å². The first-order valence-corrected chi connectivity index (χ1v) is 9.61. The lowest BCUT2D eigenvalue weighted by Crippen LogP contribution is -2.48. The predicted molar refractivity (Wildman–Crippen MR) is 113 cm³/mol. The standard InChI is InChI=1S/C22H27N5/c1-16(2)26-11-13-27(14-12-26)19-7-8-20(22-9-10-24-25-22)21(15-19)17-3-5-18(23)6-4-17/h3-10,15-16H,11-14,23H2,1-2H3,(H,24,25). The van der Waals surface area contributed by atoms with Crippen molar-refractivity contribution in [2.45, 2.75) is 19.9 Å². The van der Waals surface area contributed by atoms with Crippen molar-refractivity contribution in [1.29, 1.82) is 0 Å². The van der Waals surface area contributed by atoms with Crippen LogP contribution in [0.2, 0.25) is 0 Å². The number of nitrogens with one attached hydrogen (secondary N) is 1. The van der Waals surface area contributed by atoms with Crippen LogP contribution in [0.25, 0.3) is 22.4 Å². The number of rotatable bonds is 4. The zero-order valence-corrected chi connectivity index (χ0v) is 16.0. The zero-order chi connectivity index (χ0) is 18.8. The Morgan fingerprint density at radius 1 is 0.926 bits per heavy atom. The van der Waals surface area contributed by atoms with Crippen molar-refractivity contribution in [2.24, 2.45) is 0 Å². The van der Waals surface area contributed by atoms with E-state index in [9.17, 15) is 0 Å². The van der Waals surface area contributed by atoms with Gasteiger partial charge in [0, 0.05) is 55.4 Å². The van der Waals surface area contributed by atoms with Crippen molar-refractivity contribution in [1.82, 2.24) is 15.1 Å². The summed E-state index contributed by atoms with van der Waals surface area (Å²) in [5, 5.41) is 7.32. The van der Waals surface area contributed by atoms with Gasteiger partial charge in [0.1, 0.15) is 0 Å². The molecule has 5 heteroatoms. The van der Waals surface area contributed by atoms with Crippen LogP contribution in [0.3, 0.4) is 0 Å². The Balaban J connectivity index is 1.69. The van der Waals surface area contributed by atoms with Crippen LogP contribution in [0, 0.1) is 0 Å². The minimum absolute atomic E-state index is 0.611. The molecule has 27 heavy (non-hydrogen) atoms. The second kappa shape index (κ2) is 7.45. The highest BCUT2D eigenvalue weighted by molar-refractivity contribution is 5.85. The van der Waals surface area contributed by atoms with Gasteiger partial charge in [-0.25, -0.2) is 0 Å². The quantitative estimate of drug-likeness (QED) is 0.693. The van der Waals surface area contributed by atoms with E-state index in [1.165, 1.54) is 11.3 Å². The largest absolute Gasteiger partial charge is 0.399 e. The fourth-order valence-corrected chi connectivity index (χ4v) is 3.76. The summed E-state index contributed by atoms with van der Waals surface area (Å²) in [6.45, 7) is 8.87. The summed E-state index contributed by atoms with van der Waals surface area (Å²) in [4.78, 5) is 5.02. The van der Waals surface area contributed by atoms with Crippen LogP contribution in [-0.4, -0.2) is 47.3 Å². The van der Waals surface area contributed by atoms with Gasteiger partial charge in [-0.05, 0) is 55.3 Å². The molecular weight excluding hydrogens is 334 g/mol. The third kappa shape index (κ3) is 3.69. The minimum Gasteiger partial charge on any atom is -0.399 e. The molecule has 0 atom stereocenters. The van der Waals surface area contributed by atoms with E-state index in [1.807, 2.05) is 24.4 Å². The average Bonchev–Trinajstić information content (AvgIpc) is 3.23. The number of piperazine rings is 1. The minimum atomic E-state index is 0.611. The molecule has 1 aliphatic heterocycles. The SMILES string of the molecule is CC(C)N1CCN(c2ccc(-c3cc[nH]n3)c(-c3ccc(N)cc3)c2)CC1. The molecule has 3 N–H and O–H groups in total. The molecule has 0 aliphatic carbocycles. The highest BCUT2D eigenvalue weighted by Gasteiger charge is 2.20. The lowest BCUT2D eigenvalue weighted by atomic mass is 9.96. The molecule has 0 radical (unpaired) electrons. The number of nitrogens with zero attached hydrogens (tertiary/aromatic N) is 3. The van der Waals surface area contributed by atoms with Crippen molar-refractivity contribution in [2.75, 3.05) is 36.8 Å². The highest BCUT2D eigenvalue weighted by atomic mass is 15.3. The maximum absolute atomic E-state index is 5.89. The highest BCUT2D eigenvalue weighted by Crippen LogP contribution is 2.35. The van der Waals surface area contributed by atoms with E-state index < -0.39 is 0 Å². The van der Waals surface area contributed by atoms with Crippen LogP contribution in [0.15, 0.2) is 54.7 Å². The van der Waals surface area contributed by atoms with Gasteiger partial charge in [0.2, 0.25) is 0 Å². The van der Waals surface area contributed by atoms with Gasteiger partial charge in [0.25, 0.3) is 0 Å². The first-order valence-electron chi connectivity index (χ1n) is 9.61. The molecule has 0 bridgehead atoms. The smallest absolute Gasteiger partial charge is 0.0926 e. The maximum Gasteiger partial charge on any atom is 0.0926 e. The van der Waals surface area contributed by atoms with Gasteiger partial charge >= 0.3 is 0 Å². The number of nitrogens with two attached hydrogens (primary N) is 1. The van der Waals surface area contributed by atoms with Gasteiger partial charge < -0.3 is 10.6 Å². The van der Waals surface area contributed by atoms with Crippen LogP contribution in [0.5, 0.6) is 0 Å². The third-order valence-corrected chi connectivity index (χ3v) is 5.41. The summed E-state index contributed by atoms with van der Waals surface area (Å²) in [6, 6.07) is 17.4. The van der Waals surface area contributed by atoms with Crippen molar-refractivity contribution in [3.05, 3.63) is 54.7 Å². The Labute approximate surface area is 160 Å². The Kier molecular flexibility index (Phi) is 4.86. The molecule has 4 rings (SSSR count). The number of aromatic nitrogens is 2. The van der Waals surface area contributed by atoms with Gasteiger partial charge in [-0.1, -0.05) is 18.2 Å². The van der Waals surface area contributed by atoms with E-state index in [2.05, 4.69) is 64.2 Å². The molecule has 2 aromatic carbocycles. The number of nitrogen functional groups attached to an aromatic ring is 1. The van der Waals surface area contributed by atoms with Gasteiger partial charge in [-0.15, -0.1) is 0 Å². The molecular formula is C22H27N5. The van der Waals surface area contributed by atoms with E-state index in [-0.39, 0.29) is 0 Å². The van der Waals surface area contributed by atoms with Gasteiger partial charge in [-0.3, -0.25) is 10.00 Å². The van der Waals surface area contributed by atoms with Crippen LogP contribution in [0.1, 0.15) is 13.8 Å². The molecule has 0 amide bonds.